The number of ether oxygens (including phenoxy) is 1. The van der Waals surface area contributed by atoms with Crippen LogP contribution in [-0.2, 0) is 4.74 Å². The van der Waals surface area contributed by atoms with E-state index in [1.807, 2.05) is 29.2 Å². The van der Waals surface area contributed by atoms with Gasteiger partial charge in [0.2, 0.25) is 0 Å². The second-order valence-electron chi connectivity index (χ2n) is 8.52. The van der Waals surface area contributed by atoms with Crippen molar-refractivity contribution in [2.45, 2.75) is 30.8 Å². The Labute approximate surface area is 186 Å². The summed E-state index contributed by atoms with van der Waals surface area (Å²) in [5, 5.41) is 26.0. The van der Waals surface area contributed by atoms with Crippen LogP contribution in [0, 0.1) is 16.7 Å². The summed E-state index contributed by atoms with van der Waals surface area (Å²) >= 11 is 6.61. The molecule has 5 rings (SSSR count). The number of hydrogen-bond donors (Lipinski definition) is 2. The number of anilines is 3. The lowest BCUT2D eigenvalue weighted by molar-refractivity contribution is 0.0992. The zero-order valence-corrected chi connectivity index (χ0v) is 18.1. The second-order valence-corrected chi connectivity index (χ2v) is 8.93. The van der Waals surface area contributed by atoms with Crippen molar-refractivity contribution in [2.24, 2.45) is 0 Å². The lowest BCUT2D eigenvalue weighted by atomic mass is 9.97. The molecule has 3 fully saturated rings. The maximum Gasteiger partial charge on any atom is 0.135 e. The van der Waals surface area contributed by atoms with Crippen molar-refractivity contribution in [3.63, 3.8) is 0 Å². The topological polar surface area (TPSA) is 93.2 Å². The third kappa shape index (κ3) is 3.89. The molecule has 0 amide bonds. The number of nitrogens with one attached hydrogen (secondary N) is 2. The zero-order chi connectivity index (χ0) is 21.4. The Bertz CT molecular complexity index is 1010. The fraction of sp³-hybridized carbons (Fsp3) is 0.500. The highest BCUT2D eigenvalue weighted by molar-refractivity contribution is 6.33. The third-order valence-corrected chi connectivity index (χ3v) is 6.81. The van der Waals surface area contributed by atoms with Crippen molar-refractivity contribution in [2.75, 3.05) is 49.6 Å². The van der Waals surface area contributed by atoms with Crippen LogP contribution in [0.5, 0.6) is 0 Å². The summed E-state index contributed by atoms with van der Waals surface area (Å²) in [5.74, 6) is 0. The van der Waals surface area contributed by atoms with Crippen molar-refractivity contribution in [1.82, 2.24) is 14.7 Å². The molecule has 31 heavy (non-hydrogen) atoms. The van der Waals surface area contributed by atoms with E-state index < -0.39 is 5.54 Å². The van der Waals surface area contributed by atoms with Crippen molar-refractivity contribution >= 4 is 34.9 Å². The summed E-state index contributed by atoms with van der Waals surface area (Å²) in [6, 6.07) is 6.88. The maximum atomic E-state index is 9.73. The van der Waals surface area contributed by atoms with Gasteiger partial charge < -0.3 is 20.4 Å². The summed E-state index contributed by atoms with van der Waals surface area (Å²) in [4.78, 5) is 4.51. The summed E-state index contributed by atoms with van der Waals surface area (Å²) in [5.41, 5.74) is 2.93. The van der Waals surface area contributed by atoms with Gasteiger partial charge in [-0.3, -0.25) is 9.58 Å². The Balaban J connectivity index is 1.34. The highest BCUT2D eigenvalue weighted by Gasteiger charge is 2.42. The standard InChI is InChI=1S/C22H26ClN7O/c23-19-9-16(11-24)20(27-17-12-26-30(13-17)18-1-2-18)10-21(19)28-4-6-29(7-5-28)22(14-25)3-8-31-15-22/h9-13,18,24,27H,1-8,15H2. The van der Waals surface area contributed by atoms with Gasteiger partial charge in [-0.15, -0.1) is 0 Å². The smallest absolute Gasteiger partial charge is 0.135 e. The summed E-state index contributed by atoms with van der Waals surface area (Å²) in [6.07, 6.45) is 8.29. The monoisotopic (exact) mass is 439 g/mol. The molecule has 1 aromatic carbocycles. The van der Waals surface area contributed by atoms with Gasteiger partial charge in [0.25, 0.3) is 0 Å². The van der Waals surface area contributed by atoms with E-state index in [1.54, 1.807) is 0 Å². The quantitative estimate of drug-likeness (QED) is 0.670. The molecule has 1 aromatic heterocycles. The van der Waals surface area contributed by atoms with Gasteiger partial charge in [-0.2, -0.15) is 10.4 Å². The molecule has 2 aromatic rings. The summed E-state index contributed by atoms with van der Waals surface area (Å²) in [7, 11) is 0. The van der Waals surface area contributed by atoms with E-state index in [-0.39, 0.29) is 0 Å². The first-order chi connectivity index (χ1) is 15.1. The first-order valence-corrected chi connectivity index (χ1v) is 11.1. The predicted octanol–water partition coefficient (Wildman–Crippen LogP) is 3.42. The number of nitriles is 1. The van der Waals surface area contributed by atoms with Crippen molar-refractivity contribution < 1.29 is 4.74 Å². The average Bonchev–Trinajstić information content (AvgIpc) is 3.34. The van der Waals surface area contributed by atoms with Crippen LogP contribution in [0.4, 0.5) is 17.1 Å². The molecule has 3 aliphatic rings. The van der Waals surface area contributed by atoms with Crippen molar-refractivity contribution in [3.8, 4) is 6.07 Å². The van der Waals surface area contributed by atoms with Crippen LogP contribution in [0.3, 0.4) is 0 Å². The molecular weight excluding hydrogens is 414 g/mol. The van der Waals surface area contributed by atoms with E-state index in [1.165, 1.54) is 19.1 Å². The molecule has 0 radical (unpaired) electrons. The number of rotatable bonds is 6. The molecule has 1 unspecified atom stereocenters. The van der Waals surface area contributed by atoms with E-state index in [4.69, 9.17) is 21.7 Å². The molecule has 2 saturated heterocycles. The van der Waals surface area contributed by atoms with Gasteiger partial charge in [0.1, 0.15) is 5.54 Å². The lowest BCUT2D eigenvalue weighted by Gasteiger charge is -2.42. The van der Waals surface area contributed by atoms with Crippen molar-refractivity contribution in [1.29, 1.82) is 10.7 Å². The van der Waals surface area contributed by atoms with E-state index in [0.717, 1.165) is 55.2 Å². The van der Waals surface area contributed by atoms with Crippen LogP contribution < -0.4 is 10.2 Å². The number of hydrogen-bond acceptors (Lipinski definition) is 7. The number of benzene rings is 1. The van der Waals surface area contributed by atoms with Gasteiger partial charge in [0.05, 0.1) is 41.3 Å². The van der Waals surface area contributed by atoms with Crippen LogP contribution >= 0.6 is 11.6 Å². The van der Waals surface area contributed by atoms with E-state index in [9.17, 15) is 5.26 Å². The fourth-order valence-corrected chi connectivity index (χ4v) is 4.77. The molecule has 2 aliphatic heterocycles. The van der Waals surface area contributed by atoms with Gasteiger partial charge in [0.15, 0.2) is 0 Å². The Kier molecular flexibility index (Phi) is 5.34. The third-order valence-electron chi connectivity index (χ3n) is 6.51. The molecule has 9 heteroatoms. The fourth-order valence-electron chi connectivity index (χ4n) is 4.48. The molecule has 1 atom stereocenters. The number of halogens is 1. The maximum absolute atomic E-state index is 9.73. The molecule has 2 N–H and O–H groups in total. The van der Waals surface area contributed by atoms with Gasteiger partial charge in [-0.25, -0.2) is 0 Å². The number of aromatic nitrogens is 2. The van der Waals surface area contributed by atoms with Crippen LogP contribution in [0.2, 0.25) is 5.02 Å². The molecule has 8 nitrogen and oxygen atoms in total. The van der Waals surface area contributed by atoms with Crippen molar-refractivity contribution in [3.05, 3.63) is 35.1 Å². The molecule has 0 bridgehead atoms. The second kappa shape index (κ2) is 8.15. The zero-order valence-electron chi connectivity index (χ0n) is 17.4. The predicted molar refractivity (Wildman–Crippen MR) is 121 cm³/mol. The minimum Gasteiger partial charge on any atom is -0.378 e. The minimum absolute atomic E-state index is 0.487. The molecular formula is C22H26ClN7O. The van der Waals surface area contributed by atoms with E-state index >= 15 is 0 Å². The van der Waals surface area contributed by atoms with Gasteiger partial charge in [-0.05, 0) is 25.0 Å². The molecule has 1 aliphatic carbocycles. The van der Waals surface area contributed by atoms with Crippen LogP contribution in [0.15, 0.2) is 24.5 Å². The normalized spacial score (nSPS) is 24.2. The molecule has 162 valence electrons. The lowest BCUT2D eigenvalue weighted by Crippen LogP contribution is -2.57. The Morgan fingerprint density at radius 3 is 2.74 bits per heavy atom. The molecule has 0 spiro atoms. The number of piperazine rings is 1. The Morgan fingerprint density at radius 2 is 2.10 bits per heavy atom. The first-order valence-electron chi connectivity index (χ1n) is 10.8. The Hall–Kier alpha value is -2.60. The highest BCUT2D eigenvalue weighted by Crippen LogP contribution is 2.37. The summed E-state index contributed by atoms with van der Waals surface area (Å²) < 4.78 is 7.52. The first kappa shape index (κ1) is 20.3. The molecule has 1 saturated carbocycles. The van der Waals surface area contributed by atoms with E-state index in [0.29, 0.717) is 24.3 Å². The largest absolute Gasteiger partial charge is 0.378 e. The highest BCUT2D eigenvalue weighted by atomic mass is 35.5. The SMILES string of the molecule is N#CC1(N2CCN(c3cc(Nc4cnn(C5CC5)c4)c(C=N)cc3Cl)CC2)CCOC1. The van der Waals surface area contributed by atoms with Gasteiger partial charge in [0, 0.05) is 62.9 Å². The Morgan fingerprint density at radius 1 is 1.29 bits per heavy atom. The van der Waals surface area contributed by atoms with Crippen LogP contribution in [-0.4, -0.2) is 65.8 Å². The van der Waals surface area contributed by atoms with Crippen LogP contribution in [0.25, 0.3) is 0 Å². The molecule has 3 heterocycles. The van der Waals surface area contributed by atoms with Gasteiger partial charge in [-0.1, -0.05) is 11.6 Å². The van der Waals surface area contributed by atoms with E-state index in [2.05, 4.69) is 26.3 Å². The average molecular weight is 440 g/mol. The minimum atomic E-state index is -0.492. The number of nitrogens with zero attached hydrogens (tertiary/aromatic N) is 5. The van der Waals surface area contributed by atoms with Crippen LogP contribution in [0.1, 0.15) is 30.9 Å². The summed E-state index contributed by atoms with van der Waals surface area (Å²) in [6.45, 7) is 4.28. The van der Waals surface area contributed by atoms with Gasteiger partial charge >= 0.3 is 0 Å².